The van der Waals surface area contributed by atoms with E-state index < -0.39 is 36.1 Å². The molecule has 1 unspecified atom stereocenters. The average molecular weight is 584 g/mol. The predicted octanol–water partition coefficient (Wildman–Crippen LogP) is 4.66. The number of methoxy groups -OCH3 is 3. The van der Waals surface area contributed by atoms with Gasteiger partial charge >= 0.3 is 12.1 Å². The predicted molar refractivity (Wildman–Crippen MR) is 141 cm³/mol. The van der Waals surface area contributed by atoms with Crippen LogP contribution in [0.1, 0.15) is 27.6 Å². The van der Waals surface area contributed by atoms with Crippen molar-refractivity contribution in [2.75, 3.05) is 21.3 Å². The van der Waals surface area contributed by atoms with Crippen LogP contribution in [0.3, 0.4) is 0 Å². The van der Waals surface area contributed by atoms with E-state index in [1.54, 1.807) is 30.3 Å². The highest BCUT2D eigenvalue weighted by molar-refractivity contribution is 9.10. The van der Waals surface area contributed by atoms with Gasteiger partial charge in [-0.1, -0.05) is 36.4 Å². The highest BCUT2D eigenvalue weighted by atomic mass is 79.9. The number of benzene rings is 3. The Morgan fingerprint density at radius 1 is 1.00 bits per heavy atom. The summed E-state index contributed by atoms with van der Waals surface area (Å²) in [5, 5.41) is 2.53. The van der Waals surface area contributed by atoms with E-state index in [1.807, 2.05) is 30.3 Å². The first kappa shape index (κ1) is 27.0. The van der Waals surface area contributed by atoms with Crippen molar-refractivity contribution in [1.29, 1.82) is 0 Å². The topological polar surface area (TPSA) is 109 Å². The summed E-state index contributed by atoms with van der Waals surface area (Å²) in [6, 6.07) is 18.1. The molecule has 0 aliphatic carbocycles. The van der Waals surface area contributed by atoms with Gasteiger partial charge in [-0.05, 0) is 57.4 Å². The van der Waals surface area contributed by atoms with Gasteiger partial charge in [0.1, 0.15) is 23.3 Å². The molecule has 0 aromatic heterocycles. The number of carbonyl (C=O) groups excluding carboxylic acids is 3. The lowest BCUT2D eigenvalue weighted by molar-refractivity contribution is -0.143. The van der Waals surface area contributed by atoms with Crippen molar-refractivity contribution in [3.05, 3.63) is 87.9 Å². The number of hydrogen-bond acceptors (Lipinski definition) is 8. The molecule has 3 aromatic carbocycles. The molecular formula is C28H26BrNO8. The summed E-state index contributed by atoms with van der Waals surface area (Å²) >= 11 is 3.45. The largest absolute Gasteiger partial charge is 0.497 e. The molecule has 1 amide bonds. The molecule has 0 bridgehead atoms. The number of hydrogen-bond donors (Lipinski definition) is 1. The second-order valence-corrected chi connectivity index (χ2v) is 9.25. The standard InChI is InChI=1S/C28H26BrNO8/c1-34-18-10-12-22-19(15-18)24(31)26(25(37-22)17-9-11-23(35-2)20(29)14-17)38-28(33)30-21(27(32)36-3)13-16-7-5-4-6-8-16/h4-12,14-15,21,25-26H,13H2,1-3H3,(H,30,33)/t21-,25+,26?/m0/s1. The summed E-state index contributed by atoms with van der Waals surface area (Å²) in [6.07, 6.45) is -3.12. The van der Waals surface area contributed by atoms with Crippen LogP contribution in [0.15, 0.2) is 71.2 Å². The maximum atomic E-state index is 13.6. The third-order valence-electron chi connectivity index (χ3n) is 6.04. The zero-order chi connectivity index (χ0) is 27.2. The first-order valence-electron chi connectivity index (χ1n) is 11.7. The fraction of sp³-hybridized carbons (Fsp3) is 0.250. The summed E-state index contributed by atoms with van der Waals surface area (Å²) in [6.45, 7) is 0. The van der Waals surface area contributed by atoms with Gasteiger partial charge < -0.3 is 29.0 Å². The van der Waals surface area contributed by atoms with Gasteiger partial charge in [0.25, 0.3) is 0 Å². The van der Waals surface area contributed by atoms with Gasteiger partial charge in [0.05, 0.1) is 31.4 Å². The molecule has 3 aromatic rings. The number of Topliss-reactive ketones (excluding diaryl/α,β-unsaturated/α-hetero) is 1. The van der Waals surface area contributed by atoms with E-state index in [-0.39, 0.29) is 12.0 Å². The Kier molecular flexibility index (Phi) is 8.52. The van der Waals surface area contributed by atoms with Crippen LogP contribution >= 0.6 is 15.9 Å². The number of carbonyl (C=O) groups is 3. The minimum absolute atomic E-state index is 0.173. The summed E-state index contributed by atoms with van der Waals surface area (Å²) in [5.74, 6) is 0.225. The Bertz CT molecular complexity index is 1330. The second kappa shape index (κ2) is 12.0. The Balaban J connectivity index is 1.63. The lowest BCUT2D eigenvalue weighted by Gasteiger charge is -2.33. The molecule has 0 saturated heterocycles. The van der Waals surface area contributed by atoms with Gasteiger partial charge in [-0.2, -0.15) is 0 Å². The van der Waals surface area contributed by atoms with Crippen LogP contribution in [0.4, 0.5) is 4.79 Å². The number of ketones is 1. The zero-order valence-corrected chi connectivity index (χ0v) is 22.5. The van der Waals surface area contributed by atoms with Crippen LogP contribution in [0.2, 0.25) is 0 Å². The maximum absolute atomic E-state index is 13.6. The summed E-state index contributed by atoms with van der Waals surface area (Å²) in [7, 11) is 4.25. The third kappa shape index (κ3) is 5.91. The van der Waals surface area contributed by atoms with Crippen molar-refractivity contribution >= 4 is 33.8 Å². The summed E-state index contributed by atoms with van der Waals surface area (Å²) < 4.78 is 27.8. The van der Waals surface area contributed by atoms with E-state index in [1.165, 1.54) is 27.4 Å². The average Bonchev–Trinajstić information content (AvgIpc) is 2.94. The molecule has 198 valence electrons. The Hall–Kier alpha value is -4.05. The quantitative estimate of drug-likeness (QED) is 0.381. The molecule has 9 nitrogen and oxygen atoms in total. The maximum Gasteiger partial charge on any atom is 0.408 e. The smallest absolute Gasteiger partial charge is 0.408 e. The first-order valence-corrected chi connectivity index (χ1v) is 12.4. The molecule has 1 N–H and O–H groups in total. The Morgan fingerprint density at radius 2 is 1.76 bits per heavy atom. The monoisotopic (exact) mass is 583 g/mol. The highest BCUT2D eigenvalue weighted by Gasteiger charge is 2.42. The molecule has 0 spiro atoms. The van der Waals surface area contributed by atoms with Gasteiger partial charge in [0.15, 0.2) is 6.10 Å². The number of rotatable bonds is 8. The van der Waals surface area contributed by atoms with Crippen molar-refractivity contribution in [2.45, 2.75) is 24.7 Å². The Morgan fingerprint density at radius 3 is 2.42 bits per heavy atom. The van der Waals surface area contributed by atoms with Crippen molar-refractivity contribution < 1.29 is 38.1 Å². The lowest BCUT2D eigenvalue weighted by Crippen LogP contribution is -2.47. The molecule has 1 aliphatic rings. The zero-order valence-electron chi connectivity index (χ0n) is 20.9. The molecule has 4 rings (SSSR count). The highest BCUT2D eigenvalue weighted by Crippen LogP contribution is 2.40. The van der Waals surface area contributed by atoms with E-state index in [9.17, 15) is 14.4 Å². The number of nitrogens with one attached hydrogen (secondary N) is 1. The molecule has 1 aliphatic heterocycles. The van der Waals surface area contributed by atoms with Crippen molar-refractivity contribution in [3.63, 3.8) is 0 Å². The number of ether oxygens (including phenoxy) is 5. The number of esters is 1. The molecule has 10 heteroatoms. The number of amides is 1. The molecule has 1 heterocycles. The van der Waals surface area contributed by atoms with Crippen LogP contribution in [0.25, 0.3) is 0 Å². The molecule has 0 saturated carbocycles. The van der Waals surface area contributed by atoms with E-state index in [2.05, 4.69) is 21.2 Å². The molecule has 3 atom stereocenters. The van der Waals surface area contributed by atoms with Crippen molar-refractivity contribution in [2.24, 2.45) is 0 Å². The van der Waals surface area contributed by atoms with Crippen LogP contribution in [0.5, 0.6) is 17.2 Å². The van der Waals surface area contributed by atoms with Crippen LogP contribution in [-0.4, -0.2) is 51.3 Å². The minimum Gasteiger partial charge on any atom is -0.497 e. The van der Waals surface area contributed by atoms with E-state index in [4.69, 9.17) is 23.7 Å². The minimum atomic E-state index is -1.36. The van der Waals surface area contributed by atoms with Gasteiger partial charge in [-0.25, -0.2) is 9.59 Å². The van der Waals surface area contributed by atoms with Crippen LogP contribution < -0.4 is 19.5 Å². The molecule has 0 radical (unpaired) electrons. The summed E-state index contributed by atoms with van der Waals surface area (Å²) in [5.41, 5.74) is 1.58. The molecule has 0 fully saturated rings. The van der Waals surface area contributed by atoms with Gasteiger partial charge in [-0.15, -0.1) is 0 Å². The number of halogens is 1. The lowest BCUT2D eigenvalue weighted by atomic mass is 9.93. The summed E-state index contributed by atoms with van der Waals surface area (Å²) in [4.78, 5) is 39.1. The first-order chi connectivity index (χ1) is 18.3. The molecule has 38 heavy (non-hydrogen) atoms. The van der Waals surface area contributed by atoms with Crippen LogP contribution in [-0.2, 0) is 20.7 Å². The fourth-order valence-electron chi connectivity index (χ4n) is 4.12. The number of fused-ring (bicyclic) bond motifs is 1. The SMILES string of the molecule is COC(=O)[C@H](Cc1ccccc1)NC(=O)OC1C(=O)c2cc(OC)ccc2O[C@@H]1c1ccc(OC)c(Br)c1. The van der Waals surface area contributed by atoms with Crippen molar-refractivity contribution in [1.82, 2.24) is 5.32 Å². The van der Waals surface area contributed by atoms with Crippen molar-refractivity contribution in [3.8, 4) is 17.2 Å². The third-order valence-corrected chi connectivity index (χ3v) is 6.66. The Labute approximate surface area is 228 Å². The number of alkyl carbamates (subject to hydrolysis) is 1. The van der Waals surface area contributed by atoms with Gasteiger partial charge in [0.2, 0.25) is 11.9 Å². The van der Waals surface area contributed by atoms with E-state index >= 15 is 0 Å². The fourth-order valence-corrected chi connectivity index (χ4v) is 4.67. The van der Waals surface area contributed by atoms with Gasteiger partial charge in [0, 0.05) is 6.42 Å². The van der Waals surface area contributed by atoms with Gasteiger partial charge in [-0.3, -0.25) is 4.79 Å². The van der Waals surface area contributed by atoms with Crippen LogP contribution in [0, 0.1) is 0 Å². The van der Waals surface area contributed by atoms with E-state index in [0.717, 1.165) is 5.56 Å². The second-order valence-electron chi connectivity index (χ2n) is 8.39. The molecular weight excluding hydrogens is 558 g/mol. The van der Waals surface area contributed by atoms with E-state index in [0.29, 0.717) is 27.3 Å². The normalized spacial score (nSPS) is 16.9.